The van der Waals surface area contributed by atoms with Crippen LogP contribution in [0.25, 0.3) is 0 Å². The van der Waals surface area contributed by atoms with Gasteiger partial charge >= 0.3 is 12.1 Å². The summed E-state index contributed by atoms with van der Waals surface area (Å²) in [4.78, 5) is 32.1. The topological polar surface area (TPSA) is 105 Å². The van der Waals surface area contributed by atoms with E-state index in [0.717, 1.165) is 7.11 Å². The molecule has 8 heteroatoms. The summed E-state index contributed by atoms with van der Waals surface area (Å²) in [6.45, 7) is -0.508. The van der Waals surface area contributed by atoms with Crippen LogP contribution in [0.4, 0.5) is 4.79 Å². The summed E-state index contributed by atoms with van der Waals surface area (Å²) >= 11 is 3.83. The maximum Gasteiger partial charge on any atom is 0.407 e. The Morgan fingerprint density at radius 2 is 2.07 bits per heavy atom. The summed E-state index contributed by atoms with van der Waals surface area (Å²) in [5.74, 6) is -1.75. The number of carbonyl (C=O) groups excluding carboxylic acids is 2. The van der Waals surface area contributed by atoms with Crippen LogP contribution in [0, 0.1) is 0 Å². The molecule has 0 heterocycles. The van der Waals surface area contributed by atoms with Crippen molar-refractivity contribution in [3.63, 3.8) is 0 Å². The molecule has 15 heavy (non-hydrogen) atoms. The van der Waals surface area contributed by atoms with Gasteiger partial charge in [0, 0.05) is 5.75 Å². The minimum Gasteiger partial charge on any atom is -0.480 e. The van der Waals surface area contributed by atoms with Crippen molar-refractivity contribution < 1.29 is 24.2 Å². The van der Waals surface area contributed by atoms with E-state index in [1.54, 1.807) is 0 Å². The van der Waals surface area contributed by atoms with E-state index in [2.05, 4.69) is 28.0 Å². The Kier molecular flexibility index (Phi) is 6.27. The third-order valence-corrected chi connectivity index (χ3v) is 1.76. The van der Waals surface area contributed by atoms with Crippen LogP contribution in [0.5, 0.6) is 0 Å². The Balaban J connectivity index is 4.10. The molecule has 2 amide bonds. The summed E-state index contributed by atoms with van der Waals surface area (Å²) in [6, 6.07) is -0.917. The number of thiol groups is 1. The van der Waals surface area contributed by atoms with Gasteiger partial charge in [-0.05, 0) is 0 Å². The van der Waals surface area contributed by atoms with Crippen LogP contribution >= 0.6 is 12.6 Å². The van der Waals surface area contributed by atoms with Crippen LogP contribution in [0.2, 0.25) is 0 Å². The number of alkyl carbamates (subject to hydrolysis) is 1. The van der Waals surface area contributed by atoms with Gasteiger partial charge in [-0.25, -0.2) is 4.79 Å². The molecule has 0 spiro atoms. The number of carboxylic acids is 1. The molecule has 0 aliphatic carbocycles. The average Bonchev–Trinajstić information content (AvgIpc) is 2.21. The third kappa shape index (κ3) is 5.78. The van der Waals surface area contributed by atoms with Gasteiger partial charge in [0.1, 0.15) is 12.6 Å². The highest BCUT2D eigenvalue weighted by atomic mass is 32.1. The Hall–Kier alpha value is -1.44. The zero-order valence-corrected chi connectivity index (χ0v) is 8.91. The van der Waals surface area contributed by atoms with Gasteiger partial charge in [-0.2, -0.15) is 12.6 Å². The highest BCUT2D eigenvalue weighted by Crippen LogP contribution is 1.89. The Bertz CT molecular complexity index is 258. The number of nitrogens with one attached hydrogen (secondary N) is 2. The molecule has 0 aromatic heterocycles. The largest absolute Gasteiger partial charge is 0.480 e. The predicted molar refractivity (Wildman–Crippen MR) is 53.8 cm³/mol. The number of aliphatic carboxylic acids is 1. The lowest BCUT2D eigenvalue weighted by Gasteiger charge is -2.14. The molecule has 7 nitrogen and oxygen atoms in total. The normalized spacial score (nSPS) is 11.3. The lowest BCUT2D eigenvalue weighted by atomic mass is 10.3. The van der Waals surface area contributed by atoms with Gasteiger partial charge in [0.05, 0.1) is 7.11 Å². The summed E-state index contributed by atoms with van der Waals surface area (Å²) in [5.41, 5.74) is 0. The van der Waals surface area contributed by atoms with Crippen molar-refractivity contribution in [2.24, 2.45) is 0 Å². The van der Waals surface area contributed by atoms with Crippen molar-refractivity contribution >= 4 is 30.6 Å². The SMILES string of the molecule is COC(=O)NC(CS)C(=O)NCC(=O)O. The number of rotatable bonds is 5. The second-order valence-electron chi connectivity index (χ2n) is 2.48. The van der Waals surface area contributed by atoms with Crippen LogP contribution in [0.3, 0.4) is 0 Å². The Morgan fingerprint density at radius 3 is 2.47 bits per heavy atom. The van der Waals surface area contributed by atoms with Gasteiger partial charge in [-0.3, -0.25) is 9.59 Å². The van der Waals surface area contributed by atoms with E-state index >= 15 is 0 Å². The fourth-order valence-corrected chi connectivity index (χ4v) is 0.938. The molecule has 0 saturated heterocycles. The molecule has 0 aromatic rings. The maximum absolute atomic E-state index is 11.2. The second-order valence-corrected chi connectivity index (χ2v) is 2.85. The van der Waals surface area contributed by atoms with E-state index in [1.165, 1.54) is 0 Å². The molecule has 0 saturated carbocycles. The van der Waals surface area contributed by atoms with Crippen LogP contribution in [-0.2, 0) is 14.3 Å². The highest BCUT2D eigenvalue weighted by Gasteiger charge is 2.19. The maximum atomic E-state index is 11.2. The first-order chi connectivity index (χ1) is 7.01. The van der Waals surface area contributed by atoms with Crippen molar-refractivity contribution in [3.05, 3.63) is 0 Å². The summed E-state index contributed by atoms with van der Waals surface area (Å²) < 4.78 is 4.28. The van der Waals surface area contributed by atoms with Crippen LogP contribution in [-0.4, -0.2) is 48.5 Å². The van der Waals surface area contributed by atoms with Gasteiger partial charge in [-0.1, -0.05) is 0 Å². The van der Waals surface area contributed by atoms with Crippen molar-refractivity contribution in [1.29, 1.82) is 0 Å². The van der Waals surface area contributed by atoms with E-state index in [9.17, 15) is 14.4 Å². The highest BCUT2D eigenvalue weighted by molar-refractivity contribution is 7.80. The third-order valence-electron chi connectivity index (χ3n) is 1.39. The molecule has 0 aromatic carbocycles. The number of amides is 2. The molecule has 1 atom stereocenters. The predicted octanol–water partition coefficient (Wildman–Crippen LogP) is -1.16. The Morgan fingerprint density at radius 1 is 1.47 bits per heavy atom. The average molecular weight is 236 g/mol. The molecule has 0 aliphatic heterocycles. The van der Waals surface area contributed by atoms with E-state index in [-0.39, 0.29) is 5.75 Å². The van der Waals surface area contributed by atoms with Gasteiger partial charge in [0.25, 0.3) is 0 Å². The number of carbonyl (C=O) groups is 3. The van der Waals surface area contributed by atoms with Gasteiger partial charge in [0.2, 0.25) is 5.91 Å². The molecule has 1 unspecified atom stereocenters. The molecular formula is C7H12N2O5S. The molecule has 0 bridgehead atoms. The van der Waals surface area contributed by atoms with Crippen molar-refractivity contribution in [2.45, 2.75) is 6.04 Å². The van der Waals surface area contributed by atoms with Crippen LogP contribution < -0.4 is 10.6 Å². The van der Waals surface area contributed by atoms with E-state index < -0.39 is 30.6 Å². The first-order valence-electron chi connectivity index (χ1n) is 3.96. The number of hydrogen-bond acceptors (Lipinski definition) is 5. The molecule has 0 radical (unpaired) electrons. The molecule has 0 aliphatic rings. The zero-order chi connectivity index (χ0) is 11.8. The summed E-state index contributed by atoms with van der Waals surface area (Å²) in [6.07, 6.45) is -0.778. The zero-order valence-electron chi connectivity index (χ0n) is 8.02. The molecule has 3 N–H and O–H groups in total. The molecular weight excluding hydrogens is 224 g/mol. The quantitative estimate of drug-likeness (QED) is 0.451. The van der Waals surface area contributed by atoms with Crippen molar-refractivity contribution in [2.75, 3.05) is 19.4 Å². The Labute approximate surface area is 91.6 Å². The fraction of sp³-hybridized carbons (Fsp3) is 0.571. The van der Waals surface area contributed by atoms with E-state index in [0.29, 0.717) is 0 Å². The number of carboxylic acid groups (broad SMARTS) is 1. The lowest BCUT2D eigenvalue weighted by molar-refractivity contribution is -0.138. The smallest absolute Gasteiger partial charge is 0.407 e. The van der Waals surface area contributed by atoms with Crippen LogP contribution in [0.1, 0.15) is 0 Å². The lowest BCUT2D eigenvalue weighted by Crippen LogP contribution is -2.48. The first-order valence-corrected chi connectivity index (χ1v) is 4.59. The standard InChI is InChI=1S/C7H12N2O5S/c1-14-7(13)9-4(3-15)6(12)8-2-5(10)11/h4,15H,2-3H2,1H3,(H,8,12)(H,9,13)(H,10,11). The van der Waals surface area contributed by atoms with Gasteiger partial charge in [-0.15, -0.1) is 0 Å². The van der Waals surface area contributed by atoms with Gasteiger partial charge in [0.15, 0.2) is 0 Å². The second kappa shape index (κ2) is 6.93. The summed E-state index contributed by atoms with van der Waals surface area (Å²) in [7, 11) is 1.15. The fourth-order valence-electron chi connectivity index (χ4n) is 0.681. The van der Waals surface area contributed by atoms with Crippen molar-refractivity contribution in [3.8, 4) is 0 Å². The van der Waals surface area contributed by atoms with E-state index in [4.69, 9.17) is 5.11 Å². The molecule has 0 fully saturated rings. The van der Waals surface area contributed by atoms with E-state index in [1.807, 2.05) is 0 Å². The molecule has 0 rings (SSSR count). The first kappa shape index (κ1) is 13.6. The number of methoxy groups -OCH3 is 1. The minimum absolute atomic E-state index is 0.0422. The number of ether oxygens (including phenoxy) is 1. The summed E-state index contributed by atoms with van der Waals surface area (Å²) in [5, 5.41) is 12.6. The van der Waals surface area contributed by atoms with Crippen LogP contribution in [0.15, 0.2) is 0 Å². The minimum atomic E-state index is -1.17. The van der Waals surface area contributed by atoms with Crippen molar-refractivity contribution in [1.82, 2.24) is 10.6 Å². The molecule has 86 valence electrons. The monoisotopic (exact) mass is 236 g/mol. The number of hydrogen-bond donors (Lipinski definition) is 4. The van der Waals surface area contributed by atoms with Gasteiger partial charge < -0.3 is 20.5 Å².